The maximum Gasteiger partial charge on any atom is 0.259 e. The highest BCUT2D eigenvalue weighted by molar-refractivity contribution is 6.15. The van der Waals surface area contributed by atoms with E-state index in [9.17, 15) is 4.79 Å². The third kappa shape index (κ3) is 7.82. The molecule has 1 heterocycles. The summed E-state index contributed by atoms with van der Waals surface area (Å²) < 4.78 is 7.34. The molecule has 1 unspecified atom stereocenters. The molecule has 3 rings (SSSR count). The second kappa shape index (κ2) is 14.3. The van der Waals surface area contributed by atoms with Crippen LogP contribution in [0.1, 0.15) is 72.9 Å². The van der Waals surface area contributed by atoms with E-state index in [2.05, 4.69) is 58.7 Å². The van der Waals surface area contributed by atoms with Gasteiger partial charge in [0.1, 0.15) is 11.5 Å². The van der Waals surface area contributed by atoms with Crippen molar-refractivity contribution < 1.29 is 9.53 Å². The lowest BCUT2D eigenvalue weighted by Crippen LogP contribution is -2.25. The summed E-state index contributed by atoms with van der Waals surface area (Å²) >= 11 is 0. The predicted octanol–water partition coefficient (Wildman–Crippen LogP) is 5.65. The highest BCUT2D eigenvalue weighted by Gasteiger charge is 2.44. The van der Waals surface area contributed by atoms with Crippen LogP contribution in [-0.4, -0.2) is 36.5 Å². The monoisotopic (exact) mass is 529 g/mol. The first-order chi connectivity index (χ1) is 18.6. The Hall–Kier alpha value is -3.86. The number of nitrogens with one attached hydrogen (secondary N) is 2. The Balaban J connectivity index is 0.00000170. The summed E-state index contributed by atoms with van der Waals surface area (Å²) in [7, 11) is 3.54. The molecule has 1 aromatic carbocycles. The highest BCUT2D eigenvalue weighted by Crippen LogP contribution is 2.46. The molecule has 208 valence electrons. The molecule has 0 spiro atoms. The van der Waals surface area contributed by atoms with Gasteiger partial charge < -0.3 is 25.7 Å². The molecule has 1 saturated carbocycles. The number of aromatic nitrogens is 1. The minimum Gasteiger partial charge on any atom is -0.383 e. The first kappa shape index (κ1) is 31.4. The maximum atomic E-state index is 13.8. The zero-order valence-electron chi connectivity index (χ0n) is 24.3. The van der Waals surface area contributed by atoms with Crippen molar-refractivity contribution in [2.45, 2.75) is 65.1 Å². The van der Waals surface area contributed by atoms with E-state index < -0.39 is 0 Å². The topological polar surface area (TPSA) is 93.7 Å². The number of ether oxygens (including phenoxy) is 1. The normalized spacial score (nSPS) is 14.2. The standard InChI is InChI=1S/C29H37N5O2.C3H6/c1-8-32-27(30)25-20(4)34(29(5)16-17-29)24(11-9-10-23(31-6)19(2)3)26(25)28(35)33-22-14-12-21(13-15-22)18-36-7;1-3-2/h8,12-15,23,31H,1-2,10,16-18H2,3-7H3,(H2,30,32)(H,33,35);3H,1H2,2H3. The summed E-state index contributed by atoms with van der Waals surface area (Å²) in [5, 5.41) is 6.26. The number of nitrogens with two attached hydrogens (primary N) is 1. The number of hydrogen-bond acceptors (Lipinski definition) is 4. The molecule has 2 aromatic rings. The van der Waals surface area contributed by atoms with Crippen LogP contribution in [-0.2, 0) is 16.9 Å². The predicted molar refractivity (Wildman–Crippen MR) is 163 cm³/mol. The second-order valence-electron chi connectivity index (χ2n) is 9.90. The molecule has 4 N–H and O–H groups in total. The van der Waals surface area contributed by atoms with Crippen molar-refractivity contribution in [1.29, 1.82) is 0 Å². The van der Waals surface area contributed by atoms with Gasteiger partial charge in [-0.1, -0.05) is 42.9 Å². The van der Waals surface area contributed by atoms with Crippen molar-refractivity contribution in [2.75, 3.05) is 19.5 Å². The van der Waals surface area contributed by atoms with Gasteiger partial charge in [-0.3, -0.25) is 4.79 Å². The van der Waals surface area contributed by atoms with Gasteiger partial charge >= 0.3 is 0 Å². The van der Waals surface area contributed by atoms with E-state index in [1.165, 1.54) is 6.20 Å². The van der Waals surface area contributed by atoms with Gasteiger partial charge in [0, 0.05) is 42.7 Å². The molecule has 1 atom stereocenters. The Labute approximate surface area is 233 Å². The molecule has 0 bridgehead atoms. The zero-order valence-corrected chi connectivity index (χ0v) is 24.3. The van der Waals surface area contributed by atoms with Crippen molar-refractivity contribution in [3.05, 3.63) is 89.9 Å². The number of likely N-dealkylation sites (N-methyl/N-ethyl adjacent to an activating group) is 1. The van der Waals surface area contributed by atoms with E-state index in [-0.39, 0.29) is 23.3 Å². The average Bonchev–Trinajstić information content (AvgIpc) is 3.55. The molecule has 1 aliphatic rings. The Bertz CT molecular complexity index is 1280. The number of allylic oxidation sites excluding steroid dienone is 1. The van der Waals surface area contributed by atoms with Gasteiger partial charge in [-0.2, -0.15) is 0 Å². The minimum absolute atomic E-state index is 0.0632. The van der Waals surface area contributed by atoms with E-state index >= 15 is 0 Å². The summed E-state index contributed by atoms with van der Waals surface area (Å²) in [5.41, 5.74) is 11.5. The van der Waals surface area contributed by atoms with Gasteiger partial charge in [-0.15, -0.1) is 6.58 Å². The quantitative estimate of drug-likeness (QED) is 0.160. The third-order valence-electron chi connectivity index (χ3n) is 6.61. The lowest BCUT2D eigenvalue weighted by atomic mass is 10.1. The fourth-order valence-corrected chi connectivity index (χ4v) is 4.39. The number of carbonyl (C=O) groups excluding carboxylic acids is 1. The van der Waals surface area contributed by atoms with E-state index in [4.69, 9.17) is 10.5 Å². The van der Waals surface area contributed by atoms with Gasteiger partial charge in [0.2, 0.25) is 0 Å². The SMILES string of the molecule is C=CC.C=CN=C(N)c1c(C(=O)Nc2ccc(COC)cc2)c(C#CCC(NC)C(=C)C)n(C2(C)CC2)c1C. The van der Waals surface area contributed by atoms with Crippen LogP contribution in [0, 0.1) is 18.8 Å². The number of amides is 1. The molecule has 0 saturated heterocycles. The number of amidine groups is 1. The maximum absolute atomic E-state index is 13.8. The van der Waals surface area contributed by atoms with Crippen molar-refractivity contribution in [3.8, 4) is 11.8 Å². The van der Waals surface area contributed by atoms with E-state index in [1.807, 2.05) is 52.1 Å². The van der Waals surface area contributed by atoms with Crippen LogP contribution in [0.2, 0.25) is 0 Å². The largest absolute Gasteiger partial charge is 0.383 e. The van der Waals surface area contributed by atoms with E-state index in [1.54, 1.807) is 13.2 Å². The van der Waals surface area contributed by atoms with Crippen LogP contribution >= 0.6 is 0 Å². The number of anilines is 1. The summed E-state index contributed by atoms with van der Waals surface area (Å²) in [4.78, 5) is 18.0. The van der Waals surface area contributed by atoms with Crippen molar-refractivity contribution in [3.63, 3.8) is 0 Å². The zero-order chi connectivity index (χ0) is 29.2. The molecule has 1 aromatic heterocycles. The van der Waals surface area contributed by atoms with Gasteiger partial charge in [-0.25, -0.2) is 4.99 Å². The Morgan fingerprint density at radius 3 is 2.38 bits per heavy atom. The first-order valence-corrected chi connectivity index (χ1v) is 13.1. The Kier molecular flexibility index (Phi) is 11.5. The molecule has 1 amide bonds. The molecule has 0 radical (unpaired) electrons. The highest BCUT2D eigenvalue weighted by atomic mass is 16.5. The van der Waals surface area contributed by atoms with Crippen LogP contribution in [0.3, 0.4) is 0 Å². The molecule has 39 heavy (non-hydrogen) atoms. The summed E-state index contributed by atoms with van der Waals surface area (Å²) in [5.74, 6) is 6.55. The molecule has 7 nitrogen and oxygen atoms in total. The molecular formula is C32H43N5O2. The van der Waals surface area contributed by atoms with Crippen molar-refractivity contribution >= 4 is 17.4 Å². The number of hydrogen-bond donors (Lipinski definition) is 3. The minimum atomic E-state index is -0.285. The molecule has 1 fully saturated rings. The van der Waals surface area contributed by atoms with Gasteiger partial charge in [0.25, 0.3) is 5.91 Å². The van der Waals surface area contributed by atoms with E-state index in [0.717, 1.165) is 29.7 Å². The molecular weight excluding hydrogens is 486 g/mol. The Morgan fingerprint density at radius 1 is 1.28 bits per heavy atom. The first-order valence-electron chi connectivity index (χ1n) is 13.1. The number of carbonyl (C=O) groups is 1. The van der Waals surface area contributed by atoms with Crippen LogP contribution in [0.15, 0.2) is 66.8 Å². The number of aliphatic imine (C=N–C) groups is 1. The fraction of sp³-hybridized carbons (Fsp3) is 0.375. The van der Waals surface area contributed by atoms with Gasteiger partial charge in [0.15, 0.2) is 0 Å². The Morgan fingerprint density at radius 2 is 1.90 bits per heavy atom. The number of rotatable bonds is 10. The lowest BCUT2D eigenvalue weighted by molar-refractivity contribution is 0.102. The molecule has 0 aliphatic heterocycles. The molecule has 1 aliphatic carbocycles. The number of benzene rings is 1. The number of methoxy groups -OCH3 is 1. The van der Waals surface area contributed by atoms with Crippen LogP contribution in [0.25, 0.3) is 0 Å². The summed E-state index contributed by atoms with van der Waals surface area (Å²) in [6, 6.07) is 7.62. The van der Waals surface area contributed by atoms with Crippen LogP contribution < -0.4 is 16.4 Å². The van der Waals surface area contributed by atoms with Crippen molar-refractivity contribution in [2.24, 2.45) is 10.7 Å². The van der Waals surface area contributed by atoms with Gasteiger partial charge in [-0.05, 0) is 71.2 Å². The summed E-state index contributed by atoms with van der Waals surface area (Å²) in [6.07, 6.45) is 5.71. The lowest BCUT2D eigenvalue weighted by Gasteiger charge is -2.17. The fourth-order valence-electron chi connectivity index (χ4n) is 4.39. The smallest absolute Gasteiger partial charge is 0.259 e. The second-order valence-corrected chi connectivity index (χ2v) is 9.90. The van der Waals surface area contributed by atoms with E-state index in [0.29, 0.717) is 35.5 Å². The van der Waals surface area contributed by atoms with Gasteiger partial charge in [0.05, 0.1) is 17.7 Å². The van der Waals surface area contributed by atoms with Crippen LogP contribution in [0.4, 0.5) is 5.69 Å². The molecule has 7 heteroatoms. The number of nitrogens with zero attached hydrogens (tertiary/aromatic N) is 2. The average molecular weight is 530 g/mol. The van der Waals surface area contributed by atoms with Crippen molar-refractivity contribution in [1.82, 2.24) is 9.88 Å². The third-order valence-corrected chi connectivity index (χ3v) is 6.61. The van der Waals surface area contributed by atoms with Crippen LogP contribution in [0.5, 0.6) is 0 Å². The summed E-state index contributed by atoms with van der Waals surface area (Å²) in [6.45, 7) is 19.6.